The van der Waals surface area contributed by atoms with Crippen molar-refractivity contribution in [1.82, 2.24) is 0 Å². The summed E-state index contributed by atoms with van der Waals surface area (Å²) in [6.45, 7) is 3.27. The number of hydrogen-bond donors (Lipinski definition) is 1. The van der Waals surface area contributed by atoms with Gasteiger partial charge in [0.1, 0.15) is 6.26 Å². The number of rotatable bonds is 2. The Morgan fingerprint density at radius 2 is 2.33 bits per heavy atom. The first-order chi connectivity index (χ1) is 2.91. The second-order valence-corrected chi connectivity index (χ2v) is 0.631. The zero-order valence-electron chi connectivity index (χ0n) is 3.42. The lowest BCUT2D eigenvalue weighted by Crippen LogP contribution is -1.74. The highest BCUT2D eigenvalue weighted by molar-refractivity contribution is 4.66. The molecule has 0 unspecified atom stereocenters. The van der Waals surface area contributed by atoms with Crippen LogP contribution in [0.3, 0.4) is 0 Å². The van der Waals surface area contributed by atoms with Crippen molar-refractivity contribution in [1.29, 1.82) is 0 Å². The zero-order valence-corrected chi connectivity index (χ0v) is 3.42. The predicted octanol–water partition coefficient (Wildman–Crippen LogP) is 0.576. The molecule has 6 heavy (non-hydrogen) atoms. The molecule has 0 radical (unpaired) electrons. The smallest absolute Gasteiger partial charge is 0.106 e. The fourth-order valence-corrected chi connectivity index (χ4v) is 0.101. The van der Waals surface area contributed by atoms with Crippen molar-refractivity contribution < 1.29 is 4.74 Å². The Morgan fingerprint density at radius 1 is 1.67 bits per heavy atom. The van der Waals surface area contributed by atoms with Crippen LogP contribution in [0.25, 0.3) is 0 Å². The molecule has 0 aliphatic heterocycles. The molecule has 0 saturated heterocycles. The third kappa shape index (κ3) is 3.08. The van der Waals surface area contributed by atoms with E-state index in [1.54, 1.807) is 0 Å². The van der Waals surface area contributed by atoms with E-state index in [0.29, 0.717) is 0 Å². The molecule has 0 saturated carbocycles. The summed E-state index contributed by atoms with van der Waals surface area (Å²) in [6.07, 6.45) is 3.93. The van der Waals surface area contributed by atoms with Crippen molar-refractivity contribution in [2.45, 2.75) is 0 Å². The predicted molar refractivity (Wildman–Crippen MR) is 24.6 cm³/mol. The van der Waals surface area contributed by atoms with Crippen molar-refractivity contribution >= 4 is 0 Å². The maximum Gasteiger partial charge on any atom is 0.106 e. The van der Waals surface area contributed by atoms with Gasteiger partial charge in [0, 0.05) is 6.20 Å². The molecule has 0 rings (SSSR count). The van der Waals surface area contributed by atoms with Gasteiger partial charge in [-0.25, -0.2) is 0 Å². The molecule has 34 valence electrons. The maximum atomic E-state index is 4.86. The summed E-state index contributed by atoms with van der Waals surface area (Å²) in [4.78, 5) is 0. The van der Waals surface area contributed by atoms with Gasteiger partial charge in [-0.15, -0.1) is 0 Å². The molecular formula is C4H7NO. The van der Waals surface area contributed by atoms with Crippen LogP contribution in [0.4, 0.5) is 0 Å². The highest BCUT2D eigenvalue weighted by Gasteiger charge is 1.53. The van der Waals surface area contributed by atoms with Gasteiger partial charge in [-0.2, -0.15) is 0 Å². The Bertz CT molecular complexity index is 58.6. The molecule has 0 aromatic rings. The van der Waals surface area contributed by atoms with Crippen LogP contribution in [-0.2, 0) is 4.74 Å². The minimum Gasteiger partial charge on any atom is -0.472 e. The highest BCUT2D eigenvalue weighted by Crippen LogP contribution is 1.68. The van der Waals surface area contributed by atoms with Gasteiger partial charge in [0.15, 0.2) is 0 Å². The van der Waals surface area contributed by atoms with Crippen LogP contribution in [0.5, 0.6) is 0 Å². The molecule has 0 amide bonds. The lowest BCUT2D eigenvalue weighted by Gasteiger charge is -1.79. The number of nitrogens with two attached hydrogens (primary N) is 1. The second kappa shape index (κ2) is 4.08. The summed E-state index contributed by atoms with van der Waals surface area (Å²) >= 11 is 0. The number of ether oxygens (including phenoxy) is 1. The first-order valence-electron chi connectivity index (χ1n) is 1.55. The normalized spacial score (nSPS) is 8.67. The molecule has 0 bridgehead atoms. The van der Waals surface area contributed by atoms with Gasteiger partial charge < -0.3 is 10.5 Å². The standard InChI is InChI=1S/C4H7NO/c1-2-6-4-3-5/h2-4H,1,5H2. The van der Waals surface area contributed by atoms with E-state index in [4.69, 9.17) is 5.73 Å². The molecule has 0 fully saturated rings. The summed E-state index contributed by atoms with van der Waals surface area (Å²) in [5.41, 5.74) is 4.86. The molecule has 0 spiro atoms. The van der Waals surface area contributed by atoms with E-state index in [1.807, 2.05) is 0 Å². The quantitative estimate of drug-likeness (QED) is 0.498. The van der Waals surface area contributed by atoms with Crippen LogP contribution < -0.4 is 5.73 Å². The van der Waals surface area contributed by atoms with Gasteiger partial charge in [0.05, 0.1) is 6.26 Å². The number of hydrogen-bond acceptors (Lipinski definition) is 2. The van der Waals surface area contributed by atoms with E-state index in [9.17, 15) is 0 Å². The molecule has 2 nitrogen and oxygen atoms in total. The molecule has 0 aromatic heterocycles. The van der Waals surface area contributed by atoms with Crippen LogP contribution in [-0.4, -0.2) is 0 Å². The molecule has 2 heteroatoms. The monoisotopic (exact) mass is 85.1 g/mol. The van der Waals surface area contributed by atoms with Gasteiger partial charge in [0.2, 0.25) is 0 Å². The summed E-state index contributed by atoms with van der Waals surface area (Å²) in [6, 6.07) is 0. The molecule has 0 aromatic carbocycles. The Morgan fingerprint density at radius 3 is 2.50 bits per heavy atom. The van der Waals surface area contributed by atoms with Gasteiger partial charge >= 0.3 is 0 Å². The minimum atomic E-state index is 1.29. The largest absolute Gasteiger partial charge is 0.472 e. The Hall–Kier alpha value is -0.920. The molecule has 0 heterocycles. The van der Waals surface area contributed by atoms with Crippen LogP contribution in [0.15, 0.2) is 25.3 Å². The van der Waals surface area contributed by atoms with Crippen molar-refractivity contribution in [3.63, 3.8) is 0 Å². The second-order valence-electron chi connectivity index (χ2n) is 0.631. The van der Waals surface area contributed by atoms with E-state index in [1.165, 1.54) is 18.7 Å². The third-order valence-corrected chi connectivity index (χ3v) is 0.253. The van der Waals surface area contributed by atoms with E-state index >= 15 is 0 Å². The Labute approximate surface area is 36.9 Å². The van der Waals surface area contributed by atoms with Crippen molar-refractivity contribution in [2.75, 3.05) is 0 Å². The topological polar surface area (TPSA) is 35.2 Å². The van der Waals surface area contributed by atoms with Crippen LogP contribution in [0.2, 0.25) is 0 Å². The average molecular weight is 85.1 g/mol. The SMILES string of the molecule is C=COC=CN. The van der Waals surface area contributed by atoms with Gasteiger partial charge in [-0.3, -0.25) is 0 Å². The van der Waals surface area contributed by atoms with E-state index < -0.39 is 0 Å². The first-order valence-corrected chi connectivity index (χ1v) is 1.55. The third-order valence-electron chi connectivity index (χ3n) is 0.253. The molecular weight excluding hydrogens is 78.0 g/mol. The lowest BCUT2D eigenvalue weighted by molar-refractivity contribution is 0.403. The summed E-state index contributed by atoms with van der Waals surface area (Å²) in [7, 11) is 0. The van der Waals surface area contributed by atoms with Crippen molar-refractivity contribution in [3.8, 4) is 0 Å². The molecule has 0 aliphatic rings. The molecule has 0 atom stereocenters. The van der Waals surface area contributed by atoms with E-state index in [0.717, 1.165) is 0 Å². The first kappa shape index (κ1) is 5.08. The van der Waals surface area contributed by atoms with Crippen molar-refractivity contribution in [2.24, 2.45) is 5.73 Å². The van der Waals surface area contributed by atoms with Gasteiger partial charge in [0.25, 0.3) is 0 Å². The molecule has 2 N–H and O–H groups in total. The Kier molecular flexibility index (Phi) is 3.45. The maximum absolute atomic E-state index is 4.86. The van der Waals surface area contributed by atoms with Crippen LogP contribution in [0.1, 0.15) is 0 Å². The summed E-state index contributed by atoms with van der Waals surface area (Å²) in [5, 5.41) is 0. The van der Waals surface area contributed by atoms with Crippen LogP contribution in [0, 0.1) is 0 Å². The highest BCUT2D eigenvalue weighted by atomic mass is 16.5. The Balaban J connectivity index is 2.85. The zero-order chi connectivity index (χ0) is 4.83. The molecule has 0 aliphatic carbocycles. The fourth-order valence-electron chi connectivity index (χ4n) is 0.101. The lowest BCUT2D eigenvalue weighted by atomic mass is 11.0. The summed E-state index contributed by atoms with van der Waals surface area (Å²) < 4.78 is 4.44. The van der Waals surface area contributed by atoms with Crippen molar-refractivity contribution in [3.05, 3.63) is 25.3 Å². The minimum absolute atomic E-state index is 1.29. The summed E-state index contributed by atoms with van der Waals surface area (Å²) in [5.74, 6) is 0. The fraction of sp³-hybridized carbons (Fsp3) is 0. The van der Waals surface area contributed by atoms with E-state index in [2.05, 4.69) is 11.3 Å². The van der Waals surface area contributed by atoms with Gasteiger partial charge in [-0.1, -0.05) is 6.58 Å². The van der Waals surface area contributed by atoms with Gasteiger partial charge in [-0.05, 0) is 0 Å². The van der Waals surface area contributed by atoms with Crippen LogP contribution >= 0.6 is 0 Å². The van der Waals surface area contributed by atoms with E-state index in [-0.39, 0.29) is 0 Å². The average Bonchev–Trinajstić information content (AvgIpc) is 1.61.